The number of carbonyl (C=O) groups excluding carboxylic acids is 2. The Kier molecular flexibility index (Phi) is 6.73. The smallest absolute Gasteiger partial charge is 0.410 e. The second kappa shape index (κ2) is 8.83. The minimum Gasteiger partial charge on any atom is -0.465 e. The Morgan fingerprint density at radius 3 is 2.64 bits per heavy atom. The zero-order valence-electron chi connectivity index (χ0n) is 16.9. The third-order valence-electron chi connectivity index (χ3n) is 4.38. The first kappa shape index (κ1) is 21.4. The van der Waals surface area contributed by atoms with Crippen molar-refractivity contribution in [2.45, 2.75) is 51.7 Å². The van der Waals surface area contributed by atoms with E-state index in [1.54, 1.807) is 4.90 Å². The molecule has 0 aliphatic carbocycles. The van der Waals surface area contributed by atoms with Gasteiger partial charge >= 0.3 is 12.1 Å². The lowest BCUT2D eigenvalue weighted by atomic mass is 10.0. The summed E-state index contributed by atoms with van der Waals surface area (Å²) in [7, 11) is 1.27. The number of carbonyl (C=O) groups is 2. The highest BCUT2D eigenvalue weighted by molar-refractivity contribution is 5.93. The van der Waals surface area contributed by atoms with Crippen LogP contribution >= 0.6 is 0 Å². The van der Waals surface area contributed by atoms with Crippen LogP contribution in [0.1, 0.15) is 56.0 Å². The van der Waals surface area contributed by atoms with Crippen LogP contribution in [-0.4, -0.2) is 48.8 Å². The Labute approximate surface area is 165 Å². The van der Waals surface area contributed by atoms with E-state index in [-0.39, 0.29) is 28.9 Å². The number of nitriles is 1. The van der Waals surface area contributed by atoms with Crippen molar-refractivity contribution in [1.82, 2.24) is 4.90 Å². The summed E-state index contributed by atoms with van der Waals surface area (Å²) in [5.41, 5.74) is 6.76. The first-order valence-electron chi connectivity index (χ1n) is 9.31. The number of anilines is 2. The predicted molar refractivity (Wildman–Crippen MR) is 106 cm³/mol. The van der Waals surface area contributed by atoms with E-state index in [2.05, 4.69) is 11.4 Å². The van der Waals surface area contributed by atoms with Crippen LogP contribution in [0.15, 0.2) is 12.1 Å². The Bertz CT molecular complexity index is 780. The van der Waals surface area contributed by atoms with Crippen molar-refractivity contribution >= 4 is 23.4 Å². The third kappa shape index (κ3) is 5.52. The van der Waals surface area contributed by atoms with E-state index in [4.69, 9.17) is 15.2 Å². The maximum absolute atomic E-state index is 12.5. The van der Waals surface area contributed by atoms with Crippen LogP contribution in [0.3, 0.4) is 0 Å². The van der Waals surface area contributed by atoms with E-state index in [1.165, 1.54) is 19.2 Å². The molecule has 3 N–H and O–H groups in total. The number of ether oxygens (including phenoxy) is 2. The van der Waals surface area contributed by atoms with Crippen LogP contribution in [-0.2, 0) is 9.47 Å². The number of rotatable bonds is 3. The summed E-state index contributed by atoms with van der Waals surface area (Å²) in [6.45, 7) is 6.57. The molecule has 1 aromatic carbocycles. The standard InChI is InChI=1S/C20H28N4O4/c1-20(2,3)28-19(26)24-8-6-5-7-15(12-24)23-17-14(11-21)9-13(10-16(17)22)18(25)27-4/h9-10,15,23H,5-8,12,22H2,1-4H3. The molecule has 0 spiro atoms. The summed E-state index contributed by atoms with van der Waals surface area (Å²) in [6.07, 6.45) is 2.27. The van der Waals surface area contributed by atoms with Gasteiger partial charge in [0.2, 0.25) is 0 Å². The average molecular weight is 388 g/mol. The predicted octanol–water partition coefficient (Wildman–Crippen LogP) is 3.13. The quantitative estimate of drug-likeness (QED) is 0.603. The van der Waals surface area contributed by atoms with Gasteiger partial charge in [0.15, 0.2) is 0 Å². The fourth-order valence-corrected chi connectivity index (χ4v) is 3.11. The van der Waals surface area contributed by atoms with Gasteiger partial charge in [0, 0.05) is 19.1 Å². The summed E-state index contributed by atoms with van der Waals surface area (Å²) in [5.74, 6) is -0.555. The third-order valence-corrected chi connectivity index (χ3v) is 4.38. The molecular formula is C20H28N4O4. The molecule has 2 rings (SSSR count). The lowest BCUT2D eigenvalue weighted by Crippen LogP contribution is -2.42. The summed E-state index contributed by atoms with van der Waals surface area (Å²) >= 11 is 0. The van der Waals surface area contributed by atoms with E-state index >= 15 is 0 Å². The number of nitrogens with one attached hydrogen (secondary N) is 1. The maximum Gasteiger partial charge on any atom is 0.410 e. The number of nitrogens with zero attached hydrogens (tertiary/aromatic N) is 2. The first-order valence-corrected chi connectivity index (χ1v) is 9.31. The van der Waals surface area contributed by atoms with Crippen molar-refractivity contribution in [3.05, 3.63) is 23.3 Å². The summed E-state index contributed by atoms with van der Waals surface area (Å²) in [4.78, 5) is 25.9. The highest BCUT2D eigenvalue weighted by atomic mass is 16.6. The molecule has 8 nitrogen and oxygen atoms in total. The molecule has 1 aliphatic heterocycles. The van der Waals surface area contributed by atoms with Crippen molar-refractivity contribution in [3.8, 4) is 6.07 Å². The van der Waals surface area contributed by atoms with Crippen LogP contribution < -0.4 is 11.1 Å². The fourth-order valence-electron chi connectivity index (χ4n) is 3.11. The molecule has 1 amide bonds. The van der Waals surface area contributed by atoms with E-state index in [1.807, 2.05) is 20.8 Å². The van der Waals surface area contributed by atoms with Gasteiger partial charge in [-0.3, -0.25) is 0 Å². The van der Waals surface area contributed by atoms with Crippen LogP contribution in [0.2, 0.25) is 0 Å². The lowest BCUT2D eigenvalue weighted by Gasteiger charge is -2.29. The molecule has 0 aromatic heterocycles. The SMILES string of the molecule is COC(=O)c1cc(N)c(NC2CCCCN(C(=O)OC(C)(C)C)C2)c(C#N)c1. The van der Waals surface area contributed by atoms with Crippen molar-refractivity contribution < 1.29 is 19.1 Å². The maximum atomic E-state index is 12.5. The highest BCUT2D eigenvalue weighted by Crippen LogP contribution is 2.28. The van der Waals surface area contributed by atoms with Crippen molar-refractivity contribution in [1.29, 1.82) is 5.26 Å². The number of nitrogens with two attached hydrogens (primary N) is 1. The van der Waals surface area contributed by atoms with Crippen LogP contribution in [0, 0.1) is 11.3 Å². The molecule has 1 saturated heterocycles. The number of likely N-dealkylation sites (tertiary alicyclic amines) is 1. The summed E-state index contributed by atoms with van der Waals surface area (Å²) < 4.78 is 10.2. The molecule has 28 heavy (non-hydrogen) atoms. The Morgan fingerprint density at radius 2 is 2.04 bits per heavy atom. The summed E-state index contributed by atoms with van der Waals surface area (Å²) in [6, 6.07) is 4.92. The van der Waals surface area contributed by atoms with Gasteiger partial charge in [-0.05, 0) is 52.2 Å². The van der Waals surface area contributed by atoms with Gasteiger partial charge in [-0.15, -0.1) is 0 Å². The molecule has 0 radical (unpaired) electrons. The van der Waals surface area contributed by atoms with E-state index in [9.17, 15) is 14.9 Å². The minimum absolute atomic E-state index is 0.0894. The van der Waals surface area contributed by atoms with E-state index in [0.29, 0.717) is 18.8 Å². The first-order chi connectivity index (χ1) is 13.1. The average Bonchev–Trinajstić information content (AvgIpc) is 2.86. The summed E-state index contributed by atoms with van der Waals surface area (Å²) in [5, 5.41) is 12.8. The molecule has 1 atom stereocenters. The van der Waals surface area contributed by atoms with Crippen LogP contribution in [0.5, 0.6) is 0 Å². The number of hydrogen-bond donors (Lipinski definition) is 2. The van der Waals surface area contributed by atoms with Gasteiger partial charge in [-0.25, -0.2) is 9.59 Å². The minimum atomic E-state index is -0.561. The van der Waals surface area contributed by atoms with Crippen molar-refractivity contribution in [3.63, 3.8) is 0 Å². The largest absolute Gasteiger partial charge is 0.465 e. The number of nitrogen functional groups attached to an aromatic ring is 1. The second-order valence-electron chi connectivity index (χ2n) is 7.85. The number of hydrogen-bond acceptors (Lipinski definition) is 7. The van der Waals surface area contributed by atoms with E-state index in [0.717, 1.165) is 19.3 Å². The molecule has 1 fully saturated rings. The van der Waals surface area contributed by atoms with Gasteiger partial charge in [0.1, 0.15) is 11.7 Å². The number of methoxy groups -OCH3 is 1. The normalized spacial score (nSPS) is 17.2. The monoisotopic (exact) mass is 388 g/mol. The van der Waals surface area contributed by atoms with Crippen LogP contribution in [0.4, 0.5) is 16.2 Å². The number of benzene rings is 1. The Hall–Kier alpha value is -2.95. The topological polar surface area (TPSA) is 118 Å². The molecular weight excluding hydrogens is 360 g/mol. The molecule has 8 heteroatoms. The molecule has 0 bridgehead atoms. The van der Waals surface area contributed by atoms with Crippen molar-refractivity contribution in [2.24, 2.45) is 0 Å². The molecule has 0 saturated carbocycles. The van der Waals surface area contributed by atoms with E-state index < -0.39 is 11.6 Å². The highest BCUT2D eigenvalue weighted by Gasteiger charge is 2.27. The van der Waals surface area contributed by atoms with Gasteiger partial charge < -0.3 is 25.4 Å². The lowest BCUT2D eigenvalue weighted by molar-refractivity contribution is 0.0252. The zero-order valence-corrected chi connectivity index (χ0v) is 16.9. The van der Waals surface area contributed by atoms with Crippen LogP contribution in [0.25, 0.3) is 0 Å². The number of esters is 1. The van der Waals surface area contributed by atoms with Gasteiger partial charge in [0.05, 0.1) is 29.6 Å². The van der Waals surface area contributed by atoms with Crippen molar-refractivity contribution in [2.75, 3.05) is 31.2 Å². The molecule has 1 aliphatic rings. The van der Waals surface area contributed by atoms with Gasteiger partial charge in [-0.2, -0.15) is 5.26 Å². The molecule has 1 heterocycles. The van der Waals surface area contributed by atoms with Gasteiger partial charge in [0.25, 0.3) is 0 Å². The second-order valence-corrected chi connectivity index (χ2v) is 7.85. The Morgan fingerprint density at radius 1 is 1.32 bits per heavy atom. The molecule has 1 unspecified atom stereocenters. The molecule has 152 valence electrons. The number of amides is 1. The Balaban J connectivity index is 2.20. The fraction of sp³-hybridized carbons (Fsp3) is 0.550. The van der Waals surface area contributed by atoms with Gasteiger partial charge in [-0.1, -0.05) is 0 Å². The molecule has 1 aromatic rings. The zero-order chi connectivity index (χ0) is 20.9.